The van der Waals surface area contributed by atoms with Crippen molar-refractivity contribution in [1.82, 2.24) is 0 Å². The van der Waals surface area contributed by atoms with Crippen LogP contribution in [0.2, 0.25) is 0 Å². The van der Waals surface area contributed by atoms with Crippen molar-refractivity contribution in [2.24, 2.45) is 0 Å². The number of carboxylic acid groups (broad SMARTS) is 1. The molecule has 0 saturated carbocycles. The van der Waals surface area contributed by atoms with Gasteiger partial charge in [-0.3, -0.25) is 0 Å². The molecule has 2 aromatic carbocycles. The average Bonchev–Trinajstić information content (AvgIpc) is 3.27. The van der Waals surface area contributed by atoms with E-state index in [-0.39, 0.29) is 6.29 Å². The molecular formula is C28H31NO4S. The fraction of sp³-hybridized carbons (Fsp3) is 0.321. The van der Waals surface area contributed by atoms with Crippen LogP contribution >= 0.6 is 11.3 Å². The van der Waals surface area contributed by atoms with Crippen molar-refractivity contribution in [3.63, 3.8) is 0 Å². The van der Waals surface area contributed by atoms with Gasteiger partial charge in [0, 0.05) is 24.4 Å². The van der Waals surface area contributed by atoms with Crippen molar-refractivity contribution in [2.75, 3.05) is 18.1 Å². The van der Waals surface area contributed by atoms with E-state index in [0.717, 1.165) is 47.5 Å². The minimum Gasteiger partial charge on any atom is -0.478 e. The smallest absolute Gasteiger partial charge is 0.331 e. The Bertz CT molecular complexity index is 1120. The summed E-state index contributed by atoms with van der Waals surface area (Å²) in [5.74, 6) is -0.0944. The van der Waals surface area contributed by atoms with Crippen LogP contribution in [-0.2, 0) is 16.1 Å². The molecule has 1 N–H and O–H groups in total. The number of anilines is 1. The predicted octanol–water partition coefficient (Wildman–Crippen LogP) is 6.83. The van der Waals surface area contributed by atoms with Gasteiger partial charge >= 0.3 is 5.97 Å². The van der Waals surface area contributed by atoms with Crippen LogP contribution in [0.15, 0.2) is 64.9 Å². The molecule has 5 nitrogen and oxygen atoms in total. The van der Waals surface area contributed by atoms with Gasteiger partial charge in [0.15, 0.2) is 6.29 Å². The average molecular weight is 478 g/mol. The molecule has 3 aromatic rings. The quantitative estimate of drug-likeness (QED) is 0.256. The summed E-state index contributed by atoms with van der Waals surface area (Å²) in [5, 5.41) is 13.9. The topological polar surface area (TPSA) is 59.0 Å². The number of ether oxygens (including phenoxy) is 2. The van der Waals surface area contributed by atoms with E-state index in [2.05, 4.69) is 46.8 Å². The van der Waals surface area contributed by atoms with Crippen molar-refractivity contribution in [1.29, 1.82) is 0 Å². The molecule has 0 radical (unpaired) electrons. The minimum absolute atomic E-state index is 0.293. The van der Waals surface area contributed by atoms with Gasteiger partial charge in [-0.2, -0.15) is 11.3 Å². The van der Waals surface area contributed by atoms with E-state index in [1.54, 1.807) is 11.3 Å². The van der Waals surface area contributed by atoms with Gasteiger partial charge in [-0.05, 0) is 89.2 Å². The molecule has 178 valence electrons. The number of hydrogen-bond donors (Lipinski definition) is 1. The van der Waals surface area contributed by atoms with Crippen LogP contribution < -0.4 is 9.64 Å². The first-order valence-electron chi connectivity index (χ1n) is 11.8. The maximum atomic E-state index is 11.8. The summed E-state index contributed by atoms with van der Waals surface area (Å²) in [6.07, 6.45) is 4.15. The van der Waals surface area contributed by atoms with Crippen LogP contribution in [-0.4, -0.2) is 30.5 Å². The summed E-state index contributed by atoms with van der Waals surface area (Å²) >= 11 is 1.68. The number of nitrogens with zero attached hydrogens (tertiary/aromatic N) is 1. The Morgan fingerprint density at radius 1 is 1.15 bits per heavy atom. The van der Waals surface area contributed by atoms with Gasteiger partial charge < -0.3 is 19.5 Å². The number of carboxylic acids is 1. The van der Waals surface area contributed by atoms with Crippen molar-refractivity contribution < 1.29 is 19.4 Å². The lowest BCUT2D eigenvalue weighted by molar-refractivity contribution is -0.132. The largest absolute Gasteiger partial charge is 0.478 e. The lowest BCUT2D eigenvalue weighted by Crippen LogP contribution is -2.24. The molecule has 1 aliphatic rings. The van der Waals surface area contributed by atoms with Crippen LogP contribution in [0.1, 0.15) is 44.2 Å². The number of unbranched alkanes of at least 4 members (excludes halogenated alkanes) is 1. The molecule has 1 atom stereocenters. The fourth-order valence-electron chi connectivity index (χ4n) is 4.05. The number of hydrogen-bond acceptors (Lipinski definition) is 5. The number of fused-ring (bicyclic) bond motifs is 1. The number of rotatable bonds is 10. The zero-order valence-corrected chi connectivity index (χ0v) is 20.5. The summed E-state index contributed by atoms with van der Waals surface area (Å²) in [4.78, 5) is 14.1. The predicted molar refractivity (Wildman–Crippen MR) is 138 cm³/mol. The van der Waals surface area contributed by atoms with E-state index in [1.807, 2.05) is 37.3 Å². The summed E-state index contributed by atoms with van der Waals surface area (Å²) in [6, 6.07) is 16.3. The highest BCUT2D eigenvalue weighted by molar-refractivity contribution is 7.07. The molecule has 0 bridgehead atoms. The maximum Gasteiger partial charge on any atom is 0.331 e. The molecule has 34 heavy (non-hydrogen) atoms. The highest BCUT2D eigenvalue weighted by Crippen LogP contribution is 2.34. The molecule has 1 aromatic heterocycles. The Labute approximate surface area is 205 Å². The summed E-state index contributed by atoms with van der Waals surface area (Å²) in [6.45, 7) is 6.17. The second kappa shape index (κ2) is 11.4. The van der Waals surface area contributed by atoms with Crippen LogP contribution in [0.4, 0.5) is 5.69 Å². The summed E-state index contributed by atoms with van der Waals surface area (Å²) in [7, 11) is 0. The highest BCUT2D eigenvalue weighted by Gasteiger charge is 2.20. The molecule has 0 fully saturated rings. The molecule has 0 saturated heterocycles. The van der Waals surface area contributed by atoms with Crippen molar-refractivity contribution in [2.45, 2.75) is 45.9 Å². The molecule has 2 heterocycles. The summed E-state index contributed by atoms with van der Waals surface area (Å²) in [5.41, 5.74) is 5.75. The molecule has 0 amide bonds. The van der Waals surface area contributed by atoms with Gasteiger partial charge in [0.25, 0.3) is 0 Å². The Morgan fingerprint density at radius 3 is 2.65 bits per heavy atom. The third kappa shape index (κ3) is 6.07. The van der Waals surface area contributed by atoms with Gasteiger partial charge in [-0.25, -0.2) is 4.79 Å². The van der Waals surface area contributed by atoms with E-state index in [0.29, 0.717) is 25.1 Å². The summed E-state index contributed by atoms with van der Waals surface area (Å²) < 4.78 is 11.5. The lowest BCUT2D eigenvalue weighted by atomic mass is 10.00. The molecule has 0 spiro atoms. The maximum absolute atomic E-state index is 11.8. The van der Waals surface area contributed by atoms with Crippen LogP contribution in [0, 0.1) is 0 Å². The van der Waals surface area contributed by atoms with Crippen molar-refractivity contribution in [3.05, 3.63) is 76.0 Å². The van der Waals surface area contributed by atoms with Crippen LogP contribution in [0.25, 0.3) is 17.2 Å². The normalized spacial score (nSPS) is 14.2. The van der Waals surface area contributed by atoms with E-state index in [4.69, 9.17) is 9.47 Å². The van der Waals surface area contributed by atoms with E-state index in [9.17, 15) is 9.90 Å². The Hall–Kier alpha value is -3.09. The first kappa shape index (κ1) is 24.0. The second-order valence-electron chi connectivity index (χ2n) is 8.49. The third-order valence-electron chi connectivity index (χ3n) is 5.92. The van der Waals surface area contributed by atoms with E-state index >= 15 is 0 Å². The van der Waals surface area contributed by atoms with Crippen LogP contribution in [0.3, 0.4) is 0 Å². The molecule has 6 heteroatoms. The number of thiophene rings is 1. The third-order valence-corrected chi connectivity index (χ3v) is 6.65. The standard InChI is InChI=1S/C28H31NO4S/c1-3-4-14-32-20(2)33-26-8-5-22(6-9-26)23-7-10-27-25(16-23)17-24(28(30)31)11-13-29(27)18-21-12-15-34-19-21/h5-10,12,15-17,19-20H,3-4,11,13-14,18H2,1-2H3,(H,30,31). The highest BCUT2D eigenvalue weighted by atomic mass is 32.1. The first-order chi connectivity index (χ1) is 16.5. The number of benzene rings is 2. The molecule has 0 aliphatic carbocycles. The Morgan fingerprint density at radius 2 is 1.94 bits per heavy atom. The monoisotopic (exact) mass is 477 g/mol. The van der Waals surface area contributed by atoms with Crippen molar-refractivity contribution in [3.8, 4) is 16.9 Å². The second-order valence-corrected chi connectivity index (χ2v) is 9.27. The zero-order valence-electron chi connectivity index (χ0n) is 19.7. The molecule has 1 aliphatic heterocycles. The SMILES string of the molecule is CCCCOC(C)Oc1ccc(-c2ccc3c(c2)C=C(C(=O)O)CCN3Cc2ccsc2)cc1. The Kier molecular flexibility index (Phi) is 8.03. The zero-order chi connectivity index (χ0) is 23.9. The minimum atomic E-state index is -0.856. The molecule has 4 rings (SSSR count). The van der Waals surface area contributed by atoms with E-state index < -0.39 is 5.97 Å². The van der Waals surface area contributed by atoms with Gasteiger partial charge in [-0.1, -0.05) is 31.5 Å². The lowest BCUT2D eigenvalue weighted by Gasteiger charge is -2.25. The molecule has 1 unspecified atom stereocenters. The van der Waals surface area contributed by atoms with E-state index in [1.165, 1.54) is 5.56 Å². The van der Waals surface area contributed by atoms with Gasteiger partial charge in [-0.15, -0.1) is 0 Å². The van der Waals surface area contributed by atoms with Gasteiger partial charge in [0.05, 0.1) is 6.61 Å². The van der Waals surface area contributed by atoms with Gasteiger partial charge in [0.2, 0.25) is 0 Å². The van der Waals surface area contributed by atoms with Crippen molar-refractivity contribution >= 4 is 29.1 Å². The number of aliphatic carboxylic acids is 1. The van der Waals surface area contributed by atoms with Crippen LogP contribution in [0.5, 0.6) is 5.75 Å². The fourth-order valence-corrected chi connectivity index (χ4v) is 4.71. The Balaban J connectivity index is 1.55. The first-order valence-corrected chi connectivity index (χ1v) is 12.7. The number of carbonyl (C=O) groups is 1. The van der Waals surface area contributed by atoms with Gasteiger partial charge in [0.1, 0.15) is 5.75 Å². The molecular weight excluding hydrogens is 446 g/mol.